The predicted octanol–water partition coefficient (Wildman–Crippen LogP) is 4.15. The Balaban J connectivity index is 2.50. The lowest BCUT2D eigenvalue weighted by Crippen LogP contribution is -2.19. The van der Waals surface area contributed by atoms with Crippen molar-refractivity contribution in [1.82, 2.24) is 0 Å². The number of azide groups is 1. The number of hydrogen-bond acceptors (Lipinski definition) is 2. The molecule has 0 spiro atoms. The highest BCUT2D eigenvalue weighted by atomic mass is 19.4. The van der Waals surface area contributed by atoms with E-state index in [2.05, 4.69) is 10.0 Å². The summed E-state index contributed by atoms with van der Waals surface area (Å²) >= 11 is 0. The van der Waals surface area contributed by atoms with Gasteiger partial charge in [0.1, 0.15) is 0 Å². The molecule has 1 heterocycles. The lowest BCUT2D eigenvalue weighted by atomic mass is 9.93. The van der Waals surface area contributed by atoms with Crippen molar-refractivity contribution < 1.29 is 17.9 Å². The molecule has 7 heteroatoms. The molecule has 1 aromatic carbocycles. The Bertz CT molecular complexity index is 509. The van der Waals surface area contributed by atoms with Crippen LogP contribution in [-0.4, -0.2) is 6.61 Å². The fourth-order valence-electron chi connectivity index (χ4n) is 1.98. The average molecular weight is 257 g/mol. The summed E-state index contributed by atoms with van der Waals surface area (Å²) in [6.45, 7) is 1.86. The van der Waals surface area contributed by atoms with Crippen LogP contribution in [0.1, 0.15) is 35.8 Å². The Hall–Kier alpha value is -1.72. The number of fused-ring (bicyclic) bond motifs is 1. The SMILES string of the molecule is C[C@@H]1OC[C@H](N=[N+]=[N-])c2ccc(C(F)(F)F)cc21. The minimum atomic E-state index is -4.39. The van der Waals surface area contributed by atoms with Crippen molar-refractivity contribution in [3.63, 3.8) is 0 Å². The molecule has 0 radical (unpaired) electrons. The molecule has 0 aliphatic carbocycles. The summed E-state index contributed by atoms with van der Waals surface area (Å²) in [5.41, 5.74) is 8.71. The highest BCUT2D eigenvalue weighted by Crippen LogP contribution is 2.38. The van der Waals surface area contributed by atoms with E-state index in [1.165, 1.54) is 6.07 Å². The molecule has 2 rings (SSSR count). The zero-order valence-electron chi connectivity index (χ0n) is 9.48. The summed E-state index contributed by atoms with van der Waals surface area (Å²) in [4.78, 5) is 2.68. The minimum Gasteiger partial charge on any atom is -0.373 e. The first-order valence-corrected chi connectivity index (χ1v) is 5.30. The molecule has 1 aliphatic rings. The zero-order chi connectivity index (χ0) is 13.3. The summed E-state index contributed by atoms with van der Waals surface area (Å²) in [7, 11) is 0. The van der Waals surface area contributed by atoms with E-state index in [1.807, 2.05) is 0 Å². The molecule has 0 fully saturated rings. The number of hydrogen-bond donors (Lipinski definition) is 0. The highest BCUT2D eigenvalue weighted by molar-refractivity contribution is 5.38. The van der Waals surface area contributed by atoms with Crippen molar-refractivity contribution in [1.29, 1.82) is 0 Å². The normalized spacial score (nSPS) is 23.1. The lowest BCUT2D eigenvalue weighted by molar-refractivity contribution is -0.137. The van der Waals surface area contributed by atoms with Gasteiger partial charge < -0.3 is 4.74 Å². The number of rotatable bonds is 1. The molecular weight excluding hydrogens is 247 g/mol. The van der Waals surface area contributed by atoms with Crippen LogP contribution >= 0.6 is 0 Å². The minimum absolute atomic E-state index is 0.184. The van der Waals surface area contributed by atoms with Crippen LogP contribution < -0.4 is 0 Å². The second-order valence-electron chi connectivity index (χ2n) is 4.04. The molecule has 0 saturated carbocycles. The third-order valence-corrected chi connectivity index (χ3v) is 2.91. The topological polar surface area (TPSA) is 58.0 Å². The molecule has 0 bridgehead atoms. The molecule has 2 atom stereocenters. The van der Waals surface area contributed by atoms with Crippen LogP contribution in [-0.2, 0) is 10.9 Å². The first-order valence-electron chi connectivity index (χ1n) is 5.30. The quantitative estimate of drug-likeness (QED) is 0.423. The van der Waals surface area contributed by atoms with Crippen molar-refractivity contribution in [3.8, 4) is 0 Å². The largest absolute Gasteiger partial charge is 0.416 e. The van der Waals surface area contributed by atoms with Gasteiger partial charge in [-0.2, -0.15) is 13.2 Å². The van der Waals surface area contributed by atoms with Gasteiger partial charge in [-0.1, -0.05) is 11.2 Å². The fourth-order valence-corrected chi connectivity index (χ4v) is 1.98. The third-order valence-electron chi connectivity index (χ3n) is 2.91. The summed E-state index contributed by atoms with van der Waals surface area (Å²) < 4.78 is 43.1. The summed E-state index contributed by atoms with van der Waals surface area (Å²) in [5, 5.41) is 3.53. The van der Waals surface area contributed by atoms with Crippen molar-refractivity contribution >= 4 is 0 Å². The summed E-state index contributed by atoms with van der Waals surface area (Å²) in [6, 6.07) is 2.84. The first-order chi connectivity index (χ1) is 8.43. The van der Waals surface area contributed by atoms with Gasteiger partial charge in [-0.25, -0.2) is 0 Å². The Labute approximate surface area is 101 Å². The smallest absolute Gasteiger partial charge is 0.373 e. The number of ether oxygens (including phenoxy) is 1. The molecule has 1 aromatic rings. The lowest BCUT2D eigenvalue weighted by Gasteiger charge is -2.28. The van der Waals surface area contributed by atoms with Crippen LogP contribution in [0.5, 0.6) is 0 Å². The molecule has 18 heavy (non-hydrogen) atoms. The number of benzene rings is 1. The monoisotopic (exact) mass is 257 g/mol. The van der Waals surface area contributed by atoms with Crippen LogP contribution in [0, 0.1) is 0 Å². The van der Waals surface area contributed by atoms with Crippen LogP contribution in [0.4, 0.5) is 13.2 Å². The van der Waals surface area contributed by atoms with Crippen LogP contribution in [0.3, 0.4) is 0 Å². The molecule has 0 unspecified atom stereocenters. The van der Waals surface area contributed by atoms with Crippen molar-refractivity contribution in [2.45, 2.75) is 25.2 Å². The number of halogens is 3. The van der Waals surface area contributed by atoms with Gasteiger partial charge in [0.05, 0.1) is 24.3 Å². The van der Waals surface area contributed by atoms with Gasteiger partial charge in [-0.05, 0) is 35.7 Å². The van der Waals surface area contributed by atoms with E-state index < -0.39 is 23.9 Å². The summed E-state index contributed by atoms with van der Waals surface area (Å²) in [5.74, 6) is 0. The van der Waals surface area contributed by atoms with Crippen molar-refractivity contribution in [3.05, 3.63) is 45.3 Å². The van der Waals surface area contributed by atoms with Gasteiger partial charge in [0.15, 0.2) is 0 Å². The van der Waals surface area contributed by atoms with E-state index in [9.17, 15) is 13.2 Å². The van der Waals surface area contributed by atoms with E-state index in [4.69, 9.17) is 10.3 Å². The van der Waals surface area contributed by atoms with E-state index in [1.54, 1.807) is 6.92 Å². The third kappa shape index (κ3) is 2.27. The van der Waals surface area contributed by atoms with Gasteiger partial charge in [-0.3, -0.25) is 0 Å². The molecule has 4 nitrogen and oxygen atoms in total. The van der Waals surface area contributed by atoms with E-state index in [0.717, 1.165) is 12.1 Å². The van der Waals surface area contributed by atoms with Gasteiger partial charge in [0.25, 0.3) is 0 Å². The summed E-state index contributed by atoms with van der Waals surface area (Å²) in [6.07, 6.45) is -4.83. The van der Waals surface area contributed by atoms with Crippen LogP contribution in [0.25, 0.3) is 10.4 Å². The molecule has 0 saturated heterocycles. The van der Waals surface area contributed by atoms with Gasteiger partial charge in [-0.15, -0.1) is 0 Å². The highest BCUT2D eigenvalue weighted by Gasteiger charge is 2.33. The molecular formula is C11H10F3N3O. The van der Waals surface area contributed by atoms with Crippen molar-refractivity contribution in [2.24, 2.45) is 5.11 Å². The molecule has 1 aliphatic heterocycles. The van der Waals surface area contributed by atoms with Gasteiger partial charge >= 0.3 is 6.18 Å². The van der Waals surface area contributed by atoms with Crippen molar-refractivity contribution in [2.75, 3.05) is 6.61 Å². The zero-order valence-corrected chi connectivity index (χ0v) is 9.48. The Morgan fingerprint density at radius 3 is 2.72 bits per heavy atom. The predicted molar refractivity (Wildman–Crippen MR) is 57.7 cm³/mol. The molecule has 0 aromatic heterocycles. The molecule has 0 N–H and O–H groups in total. The van der Waals surface area contributed by atoms with Gasteiger partial charge in [0.2, 0.25) is 0 Å². The van der Waals surface area contributed by atoms with Gasteiger partial charge in [0, 0.05) is 4.91 Å². The average Bonchev–Trinajstić information content (AvgIpc) is 2.31. The molecule has 96 valence electrons. The van der Waals surface area contributed by atoms with Crippen LogP contribution in [0.15, 0.2) is 23.3 Å². The van der Waals surface area contributed by atoms with E-state index in [0.29, 0.717) is 11.1 Å². The Morgan fingerprint density at radius 1 is 1.39 bits per heavy atom. The maximum atomic E-state index is 12.6. The van der Waals surface area contributed by atoms with E-state index >= 15 is 0 Å². The Kier molecular flexibility index (Phi) is 3.19. The first kappa shape index (κ1) is 12.7. The number of alkyl halides is 3. The van der Waals surface area contributed by atoms with Crippen LogP contribution in [0.2, 0.25) is 0 Å². The van der Waals surface area contributed by atoms with E-state index in [-0.39, 0.29) is 6.61 Å². The standard InChI is InChI=1S/C11H10F3N3O/c1-6-9-4-7(11(12,13)14)2-3-8(9)10(5-18-6)16-17-15/h2-4,6,10H,5H2,1H3/t6-,10-/m0/s1. The second-order valence-corrected chi connectivity index (χ2v) is 4.04. The fraction of sp³-hybridized carbons (Fsp3) is 0.455. The maximum absolute atomic E-state index is 12.6. The number of nitrogens with zero attached hydrogens (tertiary/aromatic N) is 3. The molecule has 0 amide bonds. The maximum Gasteiger partial charge on any atom is 0.416 e. The second kappa shape index (κ2) is 4.51. The Morgan fingerprint density at radius 2 is 2.11 bits per heavy atom.